The predicted molar refractivity (Wildman–Crippen MR) is 51.5 cm³/mol. The molecule has 0 spiro atoms. The lowest BCUT2D eigenvalue weighted by atomic mass is 10.0. The summed E-state index contributed by atoms with van der Waals surface area (Å²) in [4.78, 5) is 9.00. The Morgan fingerprint density at radius 1 is 0.938 bits per heavy atom. The van der Waals surface area contributed by atoms with Gasteiger partial charge in [-0.15, -0.1) is 0 Å². The number of hydrogen-bond donors (Lipinski definition) is 7. The van der Waals surface area contributed by atoms with Gasteiger partial charge in [0.2, 0.25) is 0 Å². The summed E-state index contributed by atoms with van der Waals surface area (Å²) < 4.78 is 0. The van der Waals surface area contributed by atoms with Gasteiger partial charge in [-0.2, -0.15) is 0 Å². The van der Waals surface area contributed by atoms with Crippen molar-refractivity contribution < 1.29 is 40.5 Å². The Bertz CT molecular complexity index is 167. The second kappa shape index (κ2) is 9.46. The standard InChI is InChI=1S/C6H14O6.C2H4O2/c7-1-3(9)5(11)6(12)4(10)2-8;1-2(3)4/h3-12H,1-2H2;1H3,(H,3,4)/t3-,4-,5-,6-;/m1./s1. The minimum Gasteiger partial charge on any atom is -0.481 e. The number of carboxylic acids is 1. The SMILES string of the molecule is CC(=O)O.OC[C@@H](O)[C@@H](O)[C@H](O)[C@H](O)CO. The monoisotopic (exact) mass is 242 g/mol. The van der Waals surface area contributed by atoms with Crippen molar-refractivity contribution in [3.63, 3.8) is 0 Å². The summed E-state index contributed by atoms with van der Waals surface area (Å²) in [7, 11) is 0. The maximum absolute atomic E-state index is 9.00. The Morgan fingerprint density at radius 2 is 1.12 bits per heavy atom. The van der Waals surface area contributed by atoms with Gasteiger partial charge in [-0.1, -0.05) is 0 Å². The lowest BCUT2D eigenvalue weighted by Crippen LogP contribution is -2.46. The van der Waals surface area contributed by atoms with E-state index in [1.807, 2.05) is 0 Å². The molecular weight excluding hydrogens is 224 g/mol. The highest BCUT2D eigenvalue weighted by molar-refractivity contribution is 5.62. The molecule has 0 aliphatic heterocycles. The second-order valence-corrected chi connectivity index (χ2v) is 3.00. The van der Waals surface area contributed by atoms with Crippen molar-refractivity contribution in [3.8, 4) is 0 Å². The van der Waals surface area contributed by atoms with E-state index in [9.17, 15) is 0 Å². The molecule has 0 radical (unpaired) electrons. The molecule has 0 unspecified atom stereocenters. The van der Waals surface area contributed by atoms with Gasteiger partial charge < -0.3 is 35.7 Å². The van der Waals surface area contributed by atoms with Gasteiger partial charge in [0.25, 0.3) is 5.97 Å². The van der Waals surface area contributed by atoms with Crippen LogP contribution in [0.5, 0.6) is 0 Å². The first-order chi connectivity index (χ1) is 7.27. The third kappa shape index (κ3) is 8.53. The van der Waals surface area contributed by atoms with Gasteiger partial charge in [0.1, 0.15) is 24.4 Å². The quantitative estimate of drug-likeness (QED) is 0.261. The lowest BCUT2D eigenvalue weighted by Gasteiger charge is -2.24. The summed E-state index contributed by atoms with van der Waals surface area (Å²) in [6.07, 6.45) is -6.39. The summed E-state index contributed by atoms with van der Waals surface area (Å²) in [5.74, 6) is -0.833. The van der Waals surface area contributed by atoms with Crippen LogP contribution in [0.4, 0.5) is 0 Å². The van der Waals surface area contributed by atoms with Gasteiger partial charge in [0.05, 0.1) is 13.2 Å². The van der Waals surface area contributed by atoms with Crippen molar-refractivity contribution in [2.75, 3.05) is 13.2 Å². The smallest absolute Gasteiger partial charge is 0.300 e. The van der Waals surface area contributed by atoms with Crippen LogP contribution in [-0.4, -0.2) is 79.3 Å². The molecule has 8 nitrogen and oxygen atoms in total. The lowest BCUT2D eigenvalue weighted by molar-refractivity contribution is -0.134. The second-order valence-electron chi connectivity index (χ2n) is 3.00. The molecule has 8 heteroatoms. The van der Waals surface area contributed by atoms with Gasteiger partial charge in [0.15, 0.2) is 0 Å². The molecule has 0 aromatic carbocycles. The molecule has 0 saturated carbocycles. The van der Waals surface area contributed by atoms with Crippen molar-refractivity contribution in [2.45, 2.75) is 31.3 Å². The van der Waals surface area contributed by atoms with Crippen LogP contribution < -0.4 is 0 Å². The van der Waals surface area contributed by atoms with Crippen LogP contribution >= 0.6 is 0 Å². The van der Waals surface area contributed by atoms with Crippen molar-refractivity contribution in [2.24, 2.45) is 0 Å². The third-order valence-electron chi connectivity index (χ3n) is 1.51. The van der Waals surface area contributed by atoms with Crippen LogP contribution in [-0.2, 0) is 4.79 Å². The molecule has 0 bridgehead atoms. The number of aliphatic carboxylic acids is 1. The van der Waals surface area contributed by atoms with Gasteiger partial charge in [-0.25, -0.2) is 0 Å². The predicted octanol–water partition coefficient (Wildman–Crippen LogP) is -3.49. The fourth-order valence-electron chi connectivity index (χ4n) is 0.671. The highest BCUT2D eigenvalue weighted by Gasteiger charge is 2.29. The van der Waals surface area contributed by atoms with Crippen LogP contribution in [0.25, 0.3) is 0 Å². The number of aliphatic hydroxyl groups is 6. The Kier molecular flexibility index (Phi) is 10.4. The van der Waals surface area contributed by atoms with Gasteiger partial charge in [-0.3, -0.25) is 4.79 Å². The summed E-state index contributed by atoms with van der Waals surface area (Å²) >= 11 is 0. The van der Waals surface area contributed by atoms with E-state index in [1.165, 1.54) is 0 Å². The molecule has 4 atom stereocenters. The average Bonchev–Trinajstić information content (AvgIpc) is 2.24. The van der Waals surface area contributed by atoms with E-state index in [0.29, 0.717) is 0 Å². The van der Waals surface area contributed by atoms with Crippen molar-refractivity contribution in [3.05, 3.63) is 0 Å². The van der Waals surface area contributed by atoms with E-state index >= 15 is 0 Å². The Hall–Kier alpha value is -0.770. The molecule has 0 aliphatic rings. The molecular formula is C8H18O8. The number of rotatable bonds is 5. The molecule has 16 heavy (non-hydrogen) atoms. The van der Waals surface area contributed by atoms with Crippen molar-refractivity contribution in [1.82, 2.24) is 0 Å². The van der Waals surface area contributed by atoms with E-state index in [2.05, 4.69) is 0 Å². The van der Waals surface area contributed by atoms with Crippen LogP contribution in [0.2, 0.25) is 0 Å². The van der Waals surface area contributed by atoms with Gasteiger partial charge in [-0.05, 0) is 0 Å². The van der Waals surface area contributed by atoms with Gasteiger partial charge >= 0.3 is 0 Å². The topological polar surface area (TPSA) is 159 Å². The van der Waals surface area contributed by atoms with Crippen LogP contribution in [0.15, 0.2) is 0 Å². The summed E-state index contributed by atoms with van der Waals surface area (Å²) in [6, 6.07) is 0. The molecule has 0 aliphatic carbocycles. The summed E-state index contributed by atoms with van der Waals surface area (Å²) in [5.41, 5.74) is 0. The molecule has 98 valence electrons. The van der Waals surface area contributed by atoms with Gasteiger partial charge in [0, 0.05) is 6.92 Å². The molecule has 0 fully saturated rings. The van der Waals surface area contributed by atoms with Crippen molar-refractivity contribution in [1.29, 1.82) is 0 Å². The molecule has 0 saturated heterocycles. The van der Waals surface area contributed by atoms with E-state index in [0.717, 1.165) is 6.92 Å². The third-order valence-corrected chi connectivity index (χ3v) is 1.51. The summed E-state index contributed by atoms with van der Waals surface area (Å²) in [5, 5.41) is 59.6. The molecule has 0 aromatic heterocycles. The molecule has 0 rings (SSSR count). The van der Waals surface area contributed by atoms with E-state index in [4.69, 9.17) is 40.5 Å². The maximum atomic E-state index is 9.00. The maximum Gasteiger partial charge on any atom is 0.300 e. The minimum atomic E-state index is -1.67. The number of carbonyl (C=O) groups is 1. The average molecular weight is 242 g/mol. The highest BCUT2D eigenvalue weighted by atomic mass is 16.4. The zero-order valence-electron chi connectivity index (χ0n) is 8.76. The van der Waals surface area contributed by atoms with Crippen LogP contribution in [0, 0.1) is 0 Å². The van der Waals surface area contributed by atoms with E-state index < -0.39 is 43.6 Å². The first-order valence-electron chi connectivity index (χ1n) is 4.41. The Labute approximate surface area is 92.0 Å². The Morgan fingerprint density at radius 3 is 1.25 bits per heavy atom. The first-order valence-corrected chi connectivity index (χ1v) is 4.41. The van der Waals surface area contributed by atoms with E-state index in [-0.39, 0.29) is 0 Å². The number of aliphatic hydroxyl groups excluding tert-OH is 6. The first kappa shape index (κ1) is 17.6. The summed E-state index contributed by atoms with van der Waals surface area (Å²) in [6.45, 7) is -0.368. The zero-order valence-corrected chi connectivity index (χ0v) is 8.76. The van der Waals surface area contributed by atoms with Crippen molar-refractivity contribution >= 4 is 5.97 Å². The fraction of sp³-hybridized carbons (Fsp3) is 0.875. The Balaban J connectivity index is 0. The fourth-order valence-corrected chi connectivity index (χ4v) is 0.671. The number of hydrogen-bond acceptors (Lipinski definition) is 7. The molecule has 0 heterocycles. The highest BCUT2D eigenvalue weighted by Crippen LogP contribution is 2.03. The van der Waals surface area contributed by atoms with E-state index in [1.54, 1.807) is 0 Å². The van der Waals surface area contributed by atoms with Crippen LogP contribution in [0.1, 0.15) is 6.92 Å². The molecule has 0 amide bonds. The zero-order chi connectivity index (χ0) is 13.3. The van der Waals surface area contributed by atoms with Crippen LogP contribution in [0.3, 0.4) is 0 Å². The number of carboxylic acid groups (broad SMARTS) is 1. The minimum absolute atomic E-state index is 0.726. The molecule has 0 aromatic rings. The normalized spacial score (nSPS) is 17.7. The molecule has 7 N–H and O–H groups in total. The largest absolute Gasteiger partial charge is 0.481 e.